The minimum atomic E-state index is -0.259. The number of carbonyl (C=O) groups is 1. The van der Waals surface area contributed by atoms with Gasteiger partial charge in [-0.2, -0.15) is 5.26 Å². The summed E-state index contributed by atoms with van der Waals surface area (Å²) < 4.78 is 0. The zero-order valence-electron chi connectivity index (χ0n) is 11.5. The number of nitrogens with one attached hydrogen (secondary N) is 1. The monoisotopic (exact) mass is 299 g/mol. The Balaban J connectivity index is 2.03. The fourth-order valence-corrected chi connectivity index (χ4v) is 2.04. The lowest BCUT2D eigenvalue weighted by atomic mass is 10.1. The summed E-state index contributed by atoms with van der Waals surface area (Å²) in [5.41, 5.74) is 2.04. The predicted molar refractivity (Wildman–Crippen MR) is 83.1 cm³/mol. The highest BCUT2D eigenvalue weighted by Crippen LogP contribution is 2.20. The van der Waals surface area contributed by atoms with Crippen LogP contribution in [0.2, 0.25) is 5.02 Å². The van der Waals surface area contributed by atoms with Gasteiger partial charge in [0.15, 0.2) is 0 Å². The third kappa shape index (κ3) is 3.98. The summed E-state index contributed by atoms with van der Waals surface area (Å²) in [6.07, 6.45) is 0. The molecule has 0 radical (unpaired) electrons. The molecule has 2 amide bonds. The van der Waals surface area contributed by atoms with Gasteiger partial charge in [0.05, 0.1) is 22.3 Å². The van der Waals surface area contributed by atoms with Crippen LogP contribution < -0.4 is 5.32 Å². The van der Waals surface area contributed by atoms with Gasteiger partial charge >= 0.3 is 6.03 Å². The average molecular weight is 300 g/mol. The quantitative estimate of drug-likeness (QED) is 0.935. The van der Waals surface area contributed by atoms with Crippen molar-refractivity contribution in [2.24, 2.45) is 0 Å². The lowest BCUT2D eigenvalue weighted by Crippen LogP contribution is -2.30. The van der Waals surface area contributed by atoms with Gasteiger partial charge < -0.3 is 10.2 Å². The van der Waals surface area contributed by atoms with Gasteiger partial charge in [-0.1, -0.05) is 35.9 Å². The van der Waals surface area contributed by atoms with Crippen molar-refractivity contribution in [1.29, 1.82) is 5.26 Å². The minimum Gasteiger partial charge on any atom is -0.323 e. The van der Waals surface area contributed by atoms with Crippen molar-refractivity contribution in [3.05, 3.63) is 64.7 Å². The molecule has 5 heteroatoms. The molecule has 0 atom stereocenters. The van der Waals surface area contributed by atoms with E-state index in [0.717, 1.165) is 5.56 Å². The molecular formula is C16H14ClN3O. The van der Waals surface area contributed by atoms with Crippen LogP contribution in [0, 0.1) is 11.3 Å². The van der Waals surface area contributed by atoms with Gasteiger partial charge in [0.1, 0.15) is 0 Å². The summed E-state index contributed by atoms with van der Waals surface area (Å²) in [4.78, 5) is 13.6. The van der Waals surface area contributed by atoms with Crippen molar-refractivity contribution >= 4 is 23.3 Å². The van der Waals surface area contributed by atoms with E-state index in [1.165, 1.54) is 4.90 Å². The van der Waals surface area contributed by atoms with Crippen molar-refractivity contribution in [1.82, 2.24) is 4.90 Å². The Labute approximate surface area is 128 Å². The normalized spacial score (nSPS) is 9.76. The number of benzene rings is 2. The van der Waals surface area contributed by atoms with E-state index in [2.05, 4.69) is 11.4 Å². The molecule has 106 valence electrons. The molecule has 0 heterocycles. The van der Waals surface area contributed by atoms with E-state index in [4.69, 9.17) is 16.9 Å². The summed E-state index contributed by atoms with van der Waals surface area (Å²) in [6.45, 7) is 0.409. The van der Waals surface area contributed by atoms with Gasteiger partial charge in [0.25, 0.3) is 0 Å². The van der Waals surface area contributed by atoms with E-state index in [-0.39, 0.29) is 6.03 Å². The van der Waals surface area contributed by atoms with Crippen molar-refractivity contribution in [3.8, 4) is 6.07 Å². The molecule has 2 rings (SSSR count). The number of amides is 2. The summed E-state index contributed by atoms with van der Waals surface area (Å²) in [6, 6.07) is 16.0. The molecule has 0 aromatic heterocycles. The molecule has 0 saturated carbocycles. The van der Waals surface area contributed by atoms with Crippen LogP contribution in [0.25, 0.3) is 0 Å². The van der Waals surface area contributed by atoms with Crippen LogP contribution in [0.1, 0.15) is 11.1 Å². The second kappa shape index (κ2) is 6.78. The molecule has 0 aliphatic rings. The Morgan fingerprint density at radius 1 is 1.29 bits per heavy atom. The average Bonchev–Trinajstić information content (AvgIpc) is 2.49. The third-order valence-electron chi connectivity index (χ3n) is 2.94. The van der Waals surface area contributed by atoms with Gasteiger partial charge in [-0.05, 0) is 29.8 Å². The molecule has 4 nitrogen and oxygen atoms in total. The number of nitriles is 1. The number of urea groups is 1. The highest BCUT2D eigenvalue weighted by Gasteiger charge is 2.11. The van der Waals surface area contributed by atoms with E-state index < -0.39 is 0 Å². The van der Waals surface area contributed by atoms with Crippen molar-refractivity contribution in [2.75, 3.05) is 12.4 Å². The molecule has 0 aliphatic heterocycles. The number of para-hydroxylation sites is 1. The Kier molecular flexibility index (Phi) is 4.81. The van der Waals surface area contributed by atoms with E-state index in [0.29, 0.717) is 22.8 Å². The number of carbonyl (C=O) groups excluding carboxylic acids is 1. The second-order valence-electron chi connectivity index (χ2n) is 4.58. The second-order valence-corrected chi connectivity index (χ2v) is 4.99. The van der Waals surface area contributed by atoms with E-state index in [1.54, 1.807) is 49.5 Å². The van der Waals surface area contributed by atoms with E-state index >= 15 is 0 Å². The molecule has 0 saturated heterocycles. The van der Waals surface area contributed by atoms with Gasteiger partial charge in [0.2, 0.25) is 0 Å². The number of hydrogen-bond acceptors (Lipinski definition) is 2. The van der Waals surface area contributed by atoms with Gasteiger partial charge in [-0.3, -0.25) is 0 Å². The molecule has 0 fully saturated rings. The van der Waals surface area contributed by atoms with Crippen LogP contribution in [-0.4, -0.2) is 18.0 Å². The first-order valence-electron chi connectivity index (χ1n) is 6.36. The number of hydrogen-bond donors (Lipinski definition) is 1. The van der Waals surface area contributed by atoms with Crippen LogP contribution in [0.3, 0.4) is 0 Å². The Morgan fingerprint density at radius 2 is 2.05 bits per heavy atom. The number of nitrogens with zero attached hydrogens (tertiary/aromatic N) is 2. The summed E-state index contributed by atoms with van der Waals surface area (Å²) >= 11 is 6.00. The maximum Gasteiger partial charge on any atom is 0.321 e. The molecule has 0 unspecified atom stereocenters. The summed E-state index contributed by atoms with van der Waals surface area (Å²) in [5.74, 6) is 0. The SMILES string of the molecule is CN(Cc1cccc(C#N)c1)C(=O)Nc1ccccc1Cl. The summed E-state index contributed by atoms with van der Waals surface area (Å²) in [7, 11) is 1.69. The minimum absolute atomic E-state index is 0.259. The first-order valence-corrected chi connectivity index (χ1v) is 6.73. The Hall–Kier alpha value is -2.51. The van der Waals surface area contributed by atoms with Crippen LogP contribution in [0.5, 0.6) is 0 Å². The smallest absolute Gasteiger partial charge is 0.321 e. The van der Waals surface area contributed by atoms with E-state index in [1.807, 2.05) is 6.07 Å². The van der Waals surface area contributed by atoms with Gasteiger partial charge in [-0.15, -0.1) is 0 Å². The largest absolute Gasteiger partial charge is 0.323 e. The maximum atomic E-state index is 12.1. The first-order chi connectivity index (χ1) is 10.1. The predicted octanol–water partition coefficient (Wildman–Crippen LogP) is 3.88. The summed E-state index contributed by atoms with van der Waals surface area (Å²) in [5, 5.41) is 12.1. The lowest BCUT2D eigenvalue weighted by Gasteiger charge is -2.18. The zero-order valence-corrected chi connectivity index (χ0v) is 12.3. The molecule has 0 bridgehead atoms. The van der Waals surface area contributed by atoms with Crippen molar-refractivity contribution in [3.63, 3.8) is 0 Å². The molecule has 2 aromatic rings. The highest BCUT2D eigenvalue weighted by atomic mass is 35.5. The van der Waals surface area contributed by atoms with Crippen molar-refractivity contribution < 1.29 is 4.79 Å². The van der Waals surface area contributed by atoms with Crippen molar-refractivity contribution in [2.45, 2.75) is 6.54 Å². The molecule has 0 aliphatic carbocycles. The molecule has 0 spiro atoms. The maximum absolute atomic E-state index is 12.1. The van der Waals surface area contributed by atoms with Gasteiger partial charge in [-0.25, -0.2) is 4.79 Å². The standard InChI is InChI=1S/C16H14ClN3O/c1-20(11-13-6-4-5-12(9-13)10-18)16(21)19-15-8-3-2-7-14(15)17/h2-9H,11H2,1H3,(H,19,21). The topological polar surface area (TPSA) is 56.1 Å². The third-order valence-corrected chi connectivity index (χ3v) is 3.27. The lowest BCUT2D eigenvalue weighted by molar-refractivity contribution is 0.220. The fraction of sp³-hybridized carbons (Fsp3) is 0.125. The number of rotatable bonds is 3. The molecule has 2 aromatic carbocycles. The van der Waals surface area contributed by atoms with Crippen LogP contribution in [0.4, 0.5) is 10.5 Å². The molecule has 21 heavy (non-hydrogen) atoms. The number of anilines is 1. The van der Waals surface area contributed by atoms with E-state index in [9.17, 15) is 4.79 Å². The van der Waals surface area contributed by atoms with Crippen LogP contribution in [-0.2, 0) is 6.54 Å². The van der Waals surface area contributed by atoms with Crippen LogP contribution >= 0.6 is 11.6 Å². The van der Waals surface area contributed by atoms with Gasteiger partial charge in [0, 0.05) is 13.6 Å². The first kappa shape index (κ1) is 14.9. The van der Waals surface area contributed by atoms with Crippen LogP contribution in [0.15, 0.2) is 48.5 Å². The fourth-order valence-electron chi connectivity index (χ4n) is 1.86. The zero-order chi connectivity index (χ0) is 15.2. The molecule has 1 N–H and O–H groups in total. The Bertz CT molecular complexity index is 694. The molecular weight excluding hydrogens is 286 g/mol. The highest BCUT2D eigenvalue weighted by molar-refractivity contribution is 6.33. The number of halogens is 1. The Morgan fingerprint density at radius 3 is 2.76 bits per heavy atom.